The summed E-state index contributed by atoms with van der Waals surface area (Å²) in [5, 5.41) is 0. The van der Waals surface area contributed by atoms with Crippen LogP contribution in [0, 0.1) is 0 Å². The second-order valence-electron chi connectivity index (χ2n) is 4.38. The van der Waals surface area contributed by atoms with E-state index in [1.54, 1.807) is 31.4 Å². The minimum absolute atomic E-state index is 0.0753. The van der Waals surface area contributed by atoms with Crippen LogP contribution in [0.25, 0.3) is 6.08 Å². The van der Waals surface area contributed by atoms with Crippen molar-refractivity contribution in [1.29, 1.82) is 0 Å². The molecule has 2 rings (SSSR count). The van der Waals surface area contributed by atoms with Gasteiger partial charge in [-0.1, -0.05) is 0 Å². The lowest BCUT2D eigenvalue weighted by Gasteiger charge is -2.25. The first-order chi connectivity index (χ1) is 10.1. The largest absolute Gasteiger partial charge is 0.497 e. The molecule has 0 fully saturated rings. The van der Waals surface area contributed by atoms with Gasteiger partial charge in [-0.25, -0.2) is 4.79 Å². The second-order valence-corrected chi connectivity index (χ2v) is 4.38. The quantitative estimate of drug-likeness (QED) is 0.785. The zero-order chi connectivity index (χ0) is 15.4. The van der Waals surface area contributed by atoms with Crippen LogP contribution in [0.3, 0.4) is 0 Å². The van der Waals surface area contributed by atoms with Crippen LogP contribution in [0.1, 0.15) is 12.0 Å². The van der Waals surface area contributed by atoms with Gasteiger partial charge in [0.05, 0.1) is 33.3 Å². The van der Waals surface area contributed by atoms with Gasteiger partial charge in [-0.05, 0) is 18.2 Å². The van der Waals surface area contributed by atoms with Crippen LogP contribution in [0.15, 0.2) is 23.8 Å². The second kappa shape index (κ2) is 6.30. The summed E-state index contributed by atoms with van der Waals surface area (Å²) in [4.78, 5) is 23.3. The molecule has 1 aromatic rings. The summed E-state index contributed by atoms with van der Waals surface area (Å²) < 4.78 is 20.2. The van der Waals surface area contributed by atoms with Gasteiger partial charge in [0.2, 0.25) is 0 Å². The number of carbonyl (C=O) groups is 2. The third-order valence-electron chi connectivity index (χ3n) is 3.15. The molecule has 112 valence electrons. The lowest BCUT2D eigenvalue weighted by atomic mass is 9.99. The van der Waals surface area contributed by atoms with E-state index >= 15 is 0 Å². The van der Waals surface area contributed by atoms with Crippen LogP contribution in [0.2, 0.25) is 0 Å². The third kappa shape index (κ3) is 3.16. The number of esters is 2. The van der Waals surface area contributed by atoms with Gasteiger partial charge in [-0.15, -0.1) is 0 Å². The summed E-state index contributed by atoms with van der Waals surface area (Å²) in [5.41, 5.74) is 0.998. The van der Waals surface area contributed by atoms with Crippen molar-refractivity contribution in [2.45, 2.75) is 12.5 Å². The number of fused-ring (bicyclic) bond motifs is 1. The van der Waals surface area contributed by atoms with E-state index in [9.17, 15) is 9.59 Å². The Morgan fingerprint density at radius 3 is 2.57 bits per heavy atom. The molecule has 0 spiro atoms. The molecule has 1 heterocycles. The molecular formula is C15H16O6. The van der Waals surface area contributed by atoms with Crippen molar-refractivity contribution >= 4 is 18.0 Å². The van der Waals surface area contributed by atoms with E-state index in [1.807, 2.05) is 0 Å². The van der Waals surface area contributed by atoms with Gasteiger partial charge in [0.25, 0.3) is 0 Å². The molecule has 1 aromatic carbocycles. The van der Waals surface area contributed by atoms with Gasteiger partial charge < -0.3 is 18.9 Å². The monoisotopic (exact) mass is 292 g/mol. The minimum Gasteiger partial charge on any atom is -0.497 e. The highest BCUT2D eigenvalue weighted by Crippen LogP contribution is 2.34. The maximum Gasteiger partial charge on any atom is 0.337 e. The number of rotatable bonds is 4. The number of hydrogen-bond donors (Lipinski definition) is 0. The van der Waals surface area contributed by atoms with E-state index in [2.05, 4.69) is 4.74 Å². The van der Waals surface area contributed by atoms with Crippen molar-refractivity contribution in [2.24, 2.45) is 0 Å². The standard InChI is InChI=1S/C15H16O6/c1-18-10-5-4-9-6-11(15(17)20-3)13(8-14(16)19-2)21-12(9)7-10/h4-7,13H,8H2,1-3H3. The average Bonchev–Trinajstić information content (AvgIpc) is 2.52. The van der Waals surface area contributed by atoms with Crippen molar-refractivity contribution in [2.75, 3.05) is 21.3 Å². The molecule has 0 radical (unpaired) electrons. The summed E-state index contributed by atoms with van der Waals surface area (Å²) >= 11 is 0. The van der Waals surface area contributed by atoms with E-state index in [0.29, 0.717) is 11.5 Å². The van der Waals surface area contributed by atoms with E-state index in [-0.39, 0.29) is 12.0 Å². The minimum atomic E-state index is -0.746. The Kier molecular flexibility index (Phi) is 4.47. The lowest BCUT2D eigenvalue weighted by molar-refractivity contribution is -0.142. The van der Waals surface area contributed by atoms with Crippen LogP contribution < -0.4 is 9.47 Å². The number of carbonyl (C=O) groups excluding carboxylic acids is 2. The molecule has 6 nitrogen and oxygen atoms in total. The van der Waals surface area contributed by atoms with Gasteiger partial charge in [0.1, 0.15) is 17.6 Å². The Labute approximate surface area is 122 Å². The van der Waals surface area contributed by atoms with Crippen LogP contribution >= 0.6 is 0 Å². The fraction of sp³-hybridized carbons (Fsp3) is 0.333. The smallest absolute Gasteiger partial charge is 0.337 e. The molecule has 0 saturated heterocycles. The Balaban J connectivity index is 2.38. The summed E-state index contributed by atoms with van der Waals surface area (Å²) in [6.07, 6.45) is 0.829. The molecule has 0 aromatic heterocycles. The van der Waals surface area contributed by atoms with Gasteiger partial charge in [-0.3, -0.25) is 4.79 Å². The van der Waals surface area contributed by atoms with E-state index in [0.717, 1.165) is 5.56 Å². The van der Waals surface area contributed by atoms with Crippen molar-refractivity contribution in [3.05, 3.63) is 29.3 Å². The molecule has 1 aliphatic heterocycles. The number of ether oxygens (including phenoxy) is 4. The van der Waals surface area contributed by atoms with Crippen molar-refractivity contribution in [3.8, 4) is 11.5 Å². The van der Waals surface area contributed by atoms with E-state index in [1.165, 1.54) is 14.2 Å². The topological polar surface area (TPSA) is 71.1 Å². The number of benzene rings is 1. The molecule has 21 heavy (non-hydrogen) atoms. The van der Waals surface area contributed by atoms with Crippen LogP contribution in [-0.4, -0.2) is 39.4 Å². The summed E-state index contributed by atoms with van der Waals surface area (Å²) in [6, 6.07) is 5.23. The molecule has 0 bridgehead atoms. The number of hydrogen-bond acceptors (Lipinski definition) is 6. The molecule has 0 saturated carbocycles. The first-order valence-electron chi connectivity index (χ1n) is 6.30. The third-order valence-corrected chi connectivity index (χ3v) is 3.15. The summed E-state index contributed by atoms with van der Waals surface area (Å²) in [5.74, 6) is 0.155. The molecule has 0 N–H and O–H groups in total. The Hall–Kier alpha value is -2.50. The highest BCUT2D eigenvalue weighted by atomic mass is 16.5. The first kappa shape index (κ1) is 14.9. The molecule has 0 aliphatic carbocycles. The molecule has 1 unspecified atom stereocenters. The SMILES string of the molecule is COC(=O)CC1Oc2cc(OC)ccc2C=C1C(=O)OC. The maximum absolute atomic E-state index is 11.8. The van der Waals surface area contributed by atoms with Crippen LogP contribution in [0.5, 0.6) is 11.5 Å². The summed E-state index contributed by atoms with van der Waals surface area (Å²) in [7, 11) is 4.11. The Morgan fingerprint density at radius 1 is 1.19 bits per heavy atom. The number of methoxy groups -OCH3 is 3. The lowest BCUT2D eigenvalue weighted by Crippen LogP contribution is -2.30. The van der Waals surface area contributed by atoms with Crippen molar-refractivity contribution in [1.82, 2.24) is 0 Å². The Morgan fingerprint density at radius 2 is 1.95 bits per heavy atom. The summed E-state index contributed by atoms with van der Waals surface area (Å²) in [6.45, 7) is 0. The fourth-order valence-corrected chi connectivity index (χ4v) is 2.03. The fourth-order valence-electron chi connectivity index (χ4n) is 2.03. The zero-order valence-electron chi connectivity index (χ0n) is 12.0. The van der Waals surface area contributed by atoms with Crippen LogP contribution in [-0.2, 0) is 19.1 Å². The Bertz CT molecular complexity index is 590. The predicted molar refractivity (Wildman–Crippen MR) is 74.0 cm³/mol. The highest BCUT2D eigenvalue weighted by Gasteiger charge is 2.30. The van der Waals surface area contributed by atoms with E-state index in [4.69, 9.17) is 14.2 Å². The zero-order valence-corrected chi connectivity index (χ0v) is 12.0. The maximum atomic E-state index is 11.8. The van der Waals surface area contributed by atoms with Gasteiger partial charge in [0.15, 0.2) is 0 Å². The first-order valence-corrected chi connectivity index (χ1v) is 6.30. The molecular weight excluding hydrogens is 276 g/mol. The van der Waals surface area contributed by atoms with Gasteiger partial charge >= 0.3 is 11.9 Å². The average molecular weight is 292 g/mol. The normalized spacial score (nSPS) is 16.1. The van der Waals surface area contributed by atoms with Gasteiger partial charge in [0, 0.05) is 11.6 Å². The van der Waals surface area contributed by atoms with Crippen molar-refractivity contribution in [3.63, 3.8) is 0 Å². The van der Waals surface area contributed by atoms with Crippen molar-refractivity contribution < 1.29 is 28.5 Å². The molecule has 0 amide bonds. The molecule has 1 atom stereocenters. The van der Waals surface area contributed by atoms with Crippen LogP contribution in [0.4, 0.5) is 0 Å². The predicted octanol–water partition coefficient (Wildman–Crippen LogP) is 1.58. The van der Waals surface area contributed by atoms with Gasteiger partial charge in [-0.2, -0.15) is 0 Å². The molecule has 1 aliphatic rings. The molecule has 6 heteroatoms. The van der Waals surface area contributed by atoms with E-state index < -0.39 is 18.0 Å². The highest BCUT2D eigenvalue weighted by molar-refractivity contribution is 5.97.